The van der Waals surface area contributed by atoms with Crippen molar-refractivity contribution in [3.05, 3.63) is 30.3 Å². The van der Waals surface area contributed by atoms with Crippen molar-refractivity contribution in [3.8, 4) is 0 Å². The number of carbonyl (C=O) groups is 3. The van der Waals surface area contributed by atoms with Gasteiger partial charge < -0.3 is 10.1 Å². The van der Waals surface area contributed by atoms with Crippen LogP contribution < -0.4 is 5.32 Å². The molecule has 128 valence electrons. The Morgan fingerprint density at radius 2 is 2.08 bits per heavy atom. The summed E-state index contributed by atoms with van der Waals surface area (Å²) in [6, 6.07) is 9.46. The minimum absolute atomic E-state index is 0.0522. The molecule has 0 atom stereocenters. The van der Waals surface area contributed by atoms with E-state index in [9.17, 15) is 14.4 Å². The van der Waals surface area contributed by atoms with E-state index >= 15 is 0 Å². The predicted octanol–water partition coefficient (Wildman–Crippen LogP) is 1.30. The van der Waals surface area contributed by atoms with Gasteiger partial charge in [-0.1, -0.05) is 42.2 Å². The van der Waals surface area contributed by atoms with Crippen molar-refractivity contribution in [1.29, 1.82) is 0 Å². The van der Waals surface area contributed by atoms with Crippen LogP contribution in [-0.4, -0.2) is 58.2 Å². The van der Waals surface area contributed by atoms with Crippen LogP contribution in [0, 0.1) is 0 Å². The Labute approximate surface area is 153 Å². The smallest absolute Gasteiger partial charge is 0.316 e. The second-order valence-electron chi connectivity index (χ2n) is 4.71. The molecule has 1 saturated heterocycles. The molecule has 2 rings (SSSR count). The average molecular weight is 385 g/mol. The Bertz CT molecular complexity index is 608. The highest BCUT2D eigenvalue weighted by molar-refractivity contribution is 8.23. The molecule has 24 heavy (non-hydrogen) atoms. The number of carbonyl (C=O) groups excluding carboxylic acids is 3. The van der Waals surface area contributed by atoms with Crippen LogP contribution >= 0.6 is 35.7 Å². The van der Waals surface area contributed by atoms with Gasteiger partial charge in [0, 0.05) is 18.0 Å². The number of ether oxygens (including phenoxy) is 1. The molecule has 1 aliphatic heterocycles. The number of nitrogens with zero attached hydrogens (tertiary/aromatic N) is 1. The SMILES string of the molecule is O=C(COC(=O)CSc1ccccc1)NCCN1C(=O)CSC1=S. The fourth-order valence-electron chi connectivity index (χ4n) is 1.80. The molecule has 1 aromatic rings. The summed E-state index contributed by atoms with van der Waals surface area (Å²) in [4.78, 5) is 37.1. The van der Waals surface area contributed by atoms with E-state index in [0.29, 0.717) is 16.6 Å². The Hall–Kier alpha value is -1.58. The first-order valence-corrected chi connectivity index (χ1v) is 9.51. The molecule has 0 aliphatic carbocycles. The number of thiocarbonyl (C=S) groups is 1. The minimum atomic E-state index is -0.452. The third kappa shape index (κ3) is 6.14. The molecule has 0 spiro atoms. The molecule has 0 radical (unpaired) electrons. The van der Waals surface area contributed by atoms with E-state index in [1.165, 1.54) is 28.4 Å². The lowest BCUT2D eigenvalue weighted by molar-refractivity contribution is -0.145. The topological polar surface area (TPSA) is 75.7 Å². The zero-order chi connectivity index (χ0) is 17.4. The molecule has 9 heteroatoms. The van der Waals surface area contributed by atoms with E-state index < -0.39 is 11.9 Å². The van der Waals surface area contributed by atoms with Crippen LogP contribution in [0.1, 0.15) is 0 Å². The molecule has 0 bridgehead atoms. The molecule has 0 saturated carbocycles. The monoisotopic (exact) mass is 384 g/mol. The fraction of sp³-hybridized carbons (Fsp3) is 0.333. The van der Waals surface area contributed by atoms with Crippen molar-refractivity contribution in [2.75, 3.05) is 31.2 Å². The highest BCUT2D eigenvalue weighted by atomic mass is 32.2. The number of hydrogen-bond donors (Lipinski definition) is 1. The predicted molar refractivity (Wildman–Crippen MR) is 97.9 cm³/mol. The van der Waals surface area contributed by atoms with Gasteiger partial charge in [0.2, 0.25) is 5.91 Å². The quantitative estimate of drug-likeness (QED) is 0.411. The number of amides is 2. The molecule has 0 unspecified atom stereocenters. The summed E-state index contributed by atoms with van der Waals surface area (Å²) in [6.07, 6.45) is 0. The zero-order valence-electron chi connectivity index (χ0n) is 12.7. The Kier molecular flexibility index (Phi) is 7.54. The number of nitrogens with one attached hydrogen (secondary N) is 1. The van der Waals surface area contributed by atoms with E-state index in [1.807, 2.05) is 30.3 Å². The first-order valence-electron chi connectivity index (χ1n) is 7.13. The van der Waals surface area contributed by atoms with E-state index in [2.05, 4.69) is 5.32 Å². The average Bonchev–Trinajstić information content (AvgIpc) is 2.91. The third-order valence-corrected chi connectivity index (χ3v) is 5.38. The normalized spacial score (nSPS) is 13.9. The van der Waals surface area contributed by atoms with Crippen LogP contribution in [0.3, 0.4) is 0 Å². The summed E-state index contributed by atoms with van der Waals surface area (Å²) in [5.41, 5.74) is 0. The molecule has 2 amide bonds. The highest BCUT2D eigenvalue weighted by Gasteiger charge is 2.25. The standard InChI is InChI=1S/C15H16N2O4S3/c18-12(16-6-7-17-13(19)9-24-15(17)22)8-21-14(20)10-23-11-4-2-1-3-5-11/h1-5H,6-10H2,(H,16,18). The lowest BCUT2D eigenvalue weighted by Gasteiger charge is -2.15. The van der Waals surface area contributed by atoms with E-state index in [4.69, 9.17) is 17.0 Å². The summed E-state index contributed by atoms with van der Waals surface area (Å²) < 4.78 is 5.43. The van der Waals surface area contributed by atoms with E-state index in [1.54, 1.807) is 0 Å². The van der Waals surface area contributed by atoms with Gasteiger partial charge in [-0.05, 0) is 12.1 Å². The second kappa shape index (κ2) is 9.65. The van der Waals surface area contributed by atoms with E-state index in [-0.39, 0.29) is 24.8 Å². The summed E-state index contributed by atoms with van der Waals surface area (Å²) in [6.45, 7) is 0.261. The molecule has 1 fully saturated rings. The number of benzene rings is 1. The van der Waals surface area contributed by atoms with Crippen molar-refractivity contribution in [2.24, 2.45) is 0 Å². The first kappa shape index (κ1) is 18.8. The van der Waals surface area contributed by atoms with Crippen LogP contribution in [0.15, 0.2) is 35.2 Å². The maximum absolute atomic E-state index is 11.6. The van der Waals surface area contributed by atoms with Crippen LogP contribution in [-0.2, 0) is 19.1 Å². The van der Waals surface area contributed by atoms with Gasteiger partial charge in [0.1, 0.15) is 4.32 Å². The molecule has 1 N–H and O–H groups in total. The van der Waals surface area contributed by atoms with Gasteiger partial charge in [0.05, 0.1) is 11.5 Å². The molecule has 1 heterocycles. The van der Waals surface area contributed by atoms with Gasteiger partial charge in [-0.2, -0.15) is 0 Å². The van der Waals surface area contributed by atoms with Gasteiger partial charge >= 0.3 is 5.97 Å². The minimum Gasteiger partial charge on any atom is -0.455 e. The lowest BCUT2D eigenvalue weighted by atomic mass is 10.4. The van der Waals surface area contributed by atoms with Crippen molar-refractivity contribution in [1.82, 2.24) is 10.2 Å². The van der Waals surface area contributed by atoms with Crippen LogP contribution in [0.4, 0.5) is 0 Å². The molecular formula is C15H16N2O4S3. The number of thioether (sulfide) groups is 2. The van der Waals surface area contributed by atoms with Crippen molar-refractivity contribution in [2.45, 2.75) is 4.90 Å². The lowest BCUT2D eigenvalue weighted by Crippen LogP contribution is -2.38. The molecule has 1 aliphatic rings. The fourth-order valence-corrected chi connectivity index (χ4v) is 3.64. The zero-order valence-corrected chi connectivity index (χ0v) is 15.2. The van der Waals surface area contributed by atoms with Gasteiger partial charge in [0.15, 0.2) is 6.61 Å². The van der Waals surface area contributed by atoms with E-state index in [0.717, 1.165) is 4.90 Å². The maximum atomic E-state index is 11.6. The first-order chi connectivity index (χ1) is 11.6. The van der Waals surface area contributed by atoms with Crippen LogP contribution in [0.25, 0.3) is 0 Å². The van der Waals surface area contributed by atoms with Crippen molar-refractivity contribution in [3.63, 3.8) is 0 Å². The molecule has 1 aromatic carbocycles. The van der Waals surface area contributed by atoms with Gasteiger partial charge in [-0.3, -0.25) is 19.3 Å². The van der Waals surface area contributed by atoms with Crippen molar-refractivity contribution < 1.29 is 19.1 Å². The largest absolute Gasteiger partial charge is 0.455 e. The van der Waals surface area contributed by atoms with Gasteiger partial charge in [-0.15, -0.1) is 11.8 Å². The molecule has 6 nitrogen and oxygen atoms in total. The van der Waals surface area contributed by atoms with Crippen LogP contribution in [0.2, 0.25) is 0 Å². The molecular weight excluding hydrogens is 368 g/mol. The number of hydrogen-bond acceptors (Lipinski definition) is 7. The Morgan fingerprint density at radius 3 is 2.75 bits per heavy atom. The van der Waals surface area contributed by atoms with Gasteiger partial charge in [0.25, 0.3) is 5.91 Å². The number of rotatable bonds is 8. The summed E-state index contributed by atoms with van der Waals surface area (Å²) in [5.74, 6) is -0.414. The third-order valence-electron chi connectivity index (χ3n) is 2.96. The number of esters is 1. The Morgan fingerprint density at radius 1 is 1.33 bits per heavy atom. The van der Waals surface area contributed by atoms with Crippen LogP contribution in [0.5, 0.6) is 0 Å². The maximum Gasteiger partial charge on any atom is 0.316 e. The summed E-state index contributed by atoms with van der Waals surface area (Å²) in [5, 5.41) is 2.59. The van der Waals surface area contributed by atoms with Gasteiger partial charge in [-0.25, -0.2) is 0 Å². The highest BCUT2D eigenvalue weighted by Crippen LogP contribution is 2.18. The van der Waals surface area contributed by atoms with Crippen molar-refractivity contribution >= 4 is 57.8 Å². The summed E-state index contributed by atoms with van der Waals surface area (Å²) in [7, 11) is 0. The molecule has 0 aromatic heterocycles. The Balaban J connectivity index is 1.58. The summed E-state index contributed by atoms with van der Waals surface area (Å²) >= 11 is 7.70. The second-order valence-corrected chi connectivity index (χ2v) is 7.37.